The molecule has 0 saturated carbocycles. The van der Waals surface area contributed by atoms with Crippen molar-refractivity contribution in [3.05, 3.63) is 42.0 Å². The Hall–Kier alpha value is -2.51. The molecule has 0 N–H and O–H groups in total. The summed E-state index contributed by atoms with van der Waals surface area (Å²) >= 11 is 0. The van der Waals surface area contributed by atoms with Gasteiger partial charge in [-0.3, -0.25) is 4.79 Å². The van der Waals surface area contributed by atoms with Crippen LogP contribution in [0.4, 0.5) is 23.4 Å². The average molecular weight is 367 g/mol. The number of hydrogen-bond acceptors (Lipinski definition) is 4. The highest BCUT2D eigenvalue weighted by atomic mass is 19.4. The van der Waals surface area contributed by atoms with Crippen molar-refractivity contribution in [2.24, 2.45) is 5.92 Å². The third-order valence-electron chi connectivity index (χ3n) is 4.62. The molecule has 2 aromatic rings. The number of piperidine rings is 1. The Morgan fingerprint density at radius 1 is 1.15 bits per heavy atom. The zero-order chi connectivity index (χ0) is 18.9. The normalized spacial score (nSPS) is 16.0. The topological polar surface area (TPSA) is 46.1 Å². The van der Waals surface area contributed by atoms with Gasteiger partial charge in [-0.05, 0) is 31.9 Å². The van der Waals surface area contributed by atoms with Gasteiger partial charge >= 0.3 is 6.18 Å². The Morgan fingerprint density at radius 3 is 2.42 bits per heavy atom. The molecule has 1 aromatic carbocycles. The maximum Gasteiger partial charge on any atom is 0.419 e. The van der Waals surface area contributed by atoms with Crippen LogP contribution in [0.15, 0.2) is 30.6 Å². The minimum Gasteiger partial charge on any atom is -0.356 e. The number of rotatable bonds is 3. The molecule has 0 amide bonds. The standard InChI is InChI=1S/C18H17F4N3O/c1-11(26)12-4-6-25(7-5-12)17-9-16(23-10-24-17)13-2-3-14(15(19)8-13)18(20,21)22/h2-3,8-10,12H,4-7H2,1H3. The fraction of sp³-hybridized carbons (Fsp3) is 0.389. The number of nitrogens with zero attached hydrogens (tertiary/aromatic N) is 3. The smallest absolute Gasteiger partial charge is 0.356 e. The second-order valence-corrected chi connectivity index (χ2v) is 6.33. The van der Waals surface area contributed by atoms with Crippen molar-refractivity contribution in [3.8, 4) is 11.3 Å². The number of carbonyl (C=O) groups is 1. The van der Waals surface area contributed by atoms with Gasteiger partial charge in [0.25, 0.3) is 0 Å². The van der Waals surface area contributed by atoms with Crippen molar-refractivity contribution in [2.45, 2.75) is 25.9 Å². The number of anilines is 1. The second kappa shape index (κ2) is 7.01. The molecule has 0 atom stereocenters. The monoisotopic (exact) mass is 367 g/mol. The second-order valence-electron chi connectivity index (χ2n) is 6.33. The molecule has 0 aliphatic carbocycles. The van der Waals surface area contributed by atoms with Crippen molar-refractivity contribution in [3.63, 3.8) is 0 Å². The number of carbonyl (C=O) groups excluding carboxylic acids is 1. The third-order valence-corrected chi connectivity index (χ3v) is 4.62. The number of Topliss-reactive ketones (excluding diaryl/α,β-unsaturated/α-hetero) is 1. The SMILES string of the molecule is CC(=O)C1CCN(c2cc(-c3ccc(C(F)(F)F)c(F)c3)ncn2)CC1. The van der Waals surface area contributed by atoms with Gasteiger partial charge in [-0.2, -0.15) is 13.2 Å². The largest absolute Gasteiger partial charge is 0.419 e. The molecule has 0 radical (unpaired) electrons. The molecular formula is C18H17F4N3O. The van der Waals surface area contributed by atoms with Crippen LogP contribution in [0.2, 0.25) is 0 Å². The van der Waals surface area contributed by atoms with Gasteiger partial charge < -0.3 is 4.90 Å². The van der Waals surface area contributed by atoms with E-state index in [9.17, 15) is 22.4 Å². The fourth-order valence-corrected chi connectivity index (χ4v) is 3.10. The highest BCUT2D eigenvalue weighted by Crippen LogP contribution is 2.33. The lowest BCUT2D eigenvalue weighted by molar-refractivity contribution is -0.140. The minimum absolute atomic E-state index is 0.0524. The number of halogens is 4. The maximum absolute atomic E-state index is 13.8. The third kappa shape index (κ3) is 3.84. The van der Waals surface area contributed by atoms with Crippen LogP contribution in [0.3, 0.4) is 0 Å². The Labute approximate surface area is 147 Å². The van der Waals surface area contributed by atoms with Crippen LogP contribution in [0.5, 0.6) is 0 Å². The van der Waals surface area contributed by atoms with Crippen molar-refractivity contribution < 1.29 is 22.4 Å². The first kappa shape index (κ1) is 18.3. The molecule has 1 aliphatic heterocycles. The van der Waals surface area contributed by atoms with E-state index in [1.54, 1.807) is 13.0 Å². The molecule has 4 nitrogen and oxygen atoms in total. The predicted octanol–water partition coefficient (Wildman–Crippen LogP) is 4.11. The number of alkyl halides is 3. The zero-order valence-electron chi connectivity index (χ0n) is 14.1. The van der Waals surface area contributed by atoms with Crippen LogP contribution < -0.4 is 4.90 Å². The van der Waals surface area contributed by atoms with E-state index in [4.69, 9.17) is 0 Å². The Balaban J connectivity index is 1.82. The molecule has 1 aliphatic rings. The first-order valence-electron chi connectivity index (χ1n) is 8.20. The summed E-state index contributed by atoms with van der Waals surface area (Å²) in [6, 6.07) is 4.36. The summed E-state index contributed by atoms with van der Waals surface area (Å²) in [5.74, 6) is -0.500. The Bertz CT molecular complexity index is 814. The molecule has 0 spiro atoms. The van der Waals surface area contributed by atoms with E-state index in [0.717, 1.165) is 18.9 Å². The fourth-order valence-electron chi connectivity index (χ4n) is 3.10. The minimum atomic E-state index is -4.74. The summed E-state index contributed by atoms with van der Waals surface area (Å²) in [5, 5.41) is 0. The molecule has 1 fully saturated rings. The highest BCUT2D eigenvalue weighted by Gasteiger charge is 2.34. The van der Waals surface area contributed by atoms with Gasteiger partial charge in [0.15, 0.2) is 0 Å². The van der Waals surface area contributed by atoms with E-state index >= 15 is 0 Å². The molecule has 0 unspecified atom stereocenters. The average Bonchev–Trinajstić information content (AvgIpc) is 2.61. The summed E-state index contributed by atoms with van der Waals surface area (Å²) in [6.07, 6.45) is -1.98. The van der Waals surface area contributed by atoms with Crippen molar-refractivity contribution in [1.29, 1.82) is 0 Å². The van der Waals surface area contributed by atoms with Crippen LogP contribution in [0.1, 0.15) is 25.3 Å². The summed E-state index contributed by atoms with van der Waals surface area (Å²) in [5.41, 5.74) is -0.712. The van der Waals surface area contributed by atoms with E-state index in [2.05, 4.69) is 9.97 Å². The quantitative estimate of drug-likeness (QED) is 0.766. The maximum atomic E-state index is 13.8. The zero-order valence-corrected chi connectivity index (χ0v) is 14.1. The number of aromatic nitrogens is 2. The van der Waals surface area contributed by atoms with Gasteiger partial charge in [0, 0.05) is 30.6 Å². The van der Waals surface area contributed by atoms with Crippen LogP contribution in [0.25, 0.3) is 11.3 Å². The van der Waals surface area contributed by atoms with Gasteiger partial charge in [-0.25, -0.2) is 14.4 Å². The number of ketones is 1. The first-order valence-corrected chi connectivity index (χ1v) is 8.20. The van der Waals surface area contributed by atoms with Crippen LogP contribution in [0, 0.1) is 11.7 Å². The van der Waals surface area contributed by atoms with Gasteiger partial charge in [0.2, 0.25) is 0 Å². The molecule has 8 heteroatoms. The summed E-state index contributed by atoms with van der Waals surface area (Å²) in [4.78, 5) is 21.7. The lowest BCUT2D eigenvalue weighted by Crippen LogP contribution is -2.36. The van der Waals surface area contributed by atoms with Gasteiger partial charge in [-0.15, -0.1) is 0 Å². The summed E-state index contributed by atoms with van der Waals surface area (Å²) in [7, 11) is 0. The van der Waals surface area contributed by atoms with E-state index < -0.39 is 17.6 Å². The lowest BCUT2D eigenvalue weighted by atomic mass is 9.93. The molecule has 3 rings (SSSR count). The number of hydrogen-bond donors (Lipinski definition) is 0. The van der Waals surface area contributed by atoms with Gasteiger partial charge in [-0.1, -0.05) is 6.07 Å². The van der Waals surface area contributed by atoms with Crippen LogP contribution >= 0.6 is 0 Å². The van der Waals surface area contributed by atoms with Crippen LogP contribution in [-0.4, -0.2) is 28.8 Å². The van der Waals surface area contributed by atoms with Crippen molar-refractivity contribution >= 4 is 11.6 Å². The van der Waals surface area contributed by atoms with Crippen molar-refractivity contribution in [2.75, 3.05) is 18.0 Å². The Morgan fingerprint density at radius 2 is 1.85 bits per heavy atom. The molecule has 138 valence electrons. The molecule has 1 aromatic heterocycles. The first-order chi connectivity index (χ1) is 12.3. The summed E-state index contributed by atoms with van der Waals surface area (Å²) < 4.78 is 51.8. The van der Waals surface area contributed by atoms with Gasteiger partial charge in [0.05, 0.1) is 11.3 Å². The summed E-state index contributed by atoms with van der Waals surface area (Å²) in [6.45, 7) is 2.90. The van der Waals surface area contributed by atoms with E-state index in [1.807, 2.05) is 4.90 Å². The van der Waals surface area contributed by atoms with Gasteiger partial charge in [0.1, 0.15) is 23.7 Å². The van der Waals surface area contributed by atoms with E-state index in [0.29, 0.717) is 30.7 Å². The molecular weight excluding hydrogens is 350 g/mol. The molecule has 1 saturated heterocycles. The van der Waals surface area contributed by atoms with E-state index in [-0.39, 0.29) is 17.3 Å². The predicted molar refractivity (Wildman–Crippen MR) is 88.0 cm³/mol. The molecule has 2 heterocycles. The molecule has 26 heavy (non-hydrogen) atoms. The Kier molecular flexibility index (Phi) is 4.93. The lowest BCUT2D eigenvalue weighted by Gasteiger charge is -2.31. The van der Waals surface area contributed by atoms with Crippen LogP contribution in [-0.2, 0) is 11.0 Å². The molecule has 0 bridgehead atoms. The highest BCUT2D eigenvalue weighted by molar-refractivity contribution is 5.78. The van der Waals surface area contributed by atoms with Crippen molar-refractivity contribution in [1.82, 2.24) is 9.97 Å². The van der Waals surface area contributed by atoms with E-state index in [1.165, 1.54) is 12.4 Å². The number of benzene rings is 1.